The van der Waals surface area contributed by atoms with Gasteiger partial charge in [-0.15, -0.1) is 0 Å². The van der Waals surface area contributed by atoms with Crippen LogP contribution in [0.1, 0.15) is 52.7 Å². The molecule has 0 fully saturated rings. The van der Waals surface area contributed by atoms with Crippen LogP contribution in [0.2, 0.25) is 0 Å². The molecule has 1 amide bonds. The van der Waals surface area contributed by atoms with E-state index in [1.54, 1.807) is 25.1 Å². The fraction of sp³-hybridized carbons (Fsp3) is 0.350. The van der Waals surface area contributed by atoms with Crippen LogP contribution in [0, 0.1) is 13.8 Å². The maximum atomic E-state index is 12.6. The third kappa shape index (κ3) is 4.39. The van der Waals surface area contributed by atoms with Crippen LogP contribution in [0.4, 0.5) is 11.5 Å². The highest BCUT2D eigenvalue weighted by atomic mass is 16.4. The quantitative estimate of drug-likeness (QED) is 0.821. The molecule has 0 bridgehead atoms. The molecule has 0 spiro atoms. The van der Waals surface area contributed by atoms with Crippen molar-refractivity contribution in [1.82, 2.24) is 4.98 Å². The van der Waals surface area contributed by atoms with Crippen LogP contribution in [-0.4, -0.2) is 34.6 Å². The van der Waals surface area contributed by atoms with Gasteiger partial charge in [0.15, 0.2) is 0 Å². The van der Waals surface area contributed by atoms with Gasteiger partial charge in [0.05, 0.1) is 5.56 Å². The van der Waals surface area contributed by atoms with Crippen LogP contribution < -0.4 is 10.2 Å². The summed E-state index contributed by atoms with van der Waals surface area (Å²) >= 11 is 0. The SMILES string of the molecule is CCN(c1cc(C)cc(C(=O)Nc2ccc(C(=O)O)c(C)c2)n1)C(C)C. The molecule has 0 unspecified atom stereocenters. The Labute approximate surface area is 153 Å². The number of aromatic carboxylic acids is 1. The number of benzene rings is 1. The van der Waals surface area contributed by atoms with E-state index in [1.165, 1.54) is 6.07 Å². The number of aromatic nitrogens is 1. The molecule has 0 atom stereocenters. The minimum Gasteiger partial charge on any atom is -0.478 e. The minimum absolute atomic E-state index is 0.217. The lowest BCUT2D eigenvalue weighted by atomic mass is 10.1. The highest BCUT2D eigenvalue weighted by Gasteiger charge is 2.16. The van der Waals surface area contributed by atoms with Gasteiger partial charge >= 0.3 is 5.97 Å². The Morgan fingerprint density at radius 2 is 1.88 bits per heavy atom. The zero-order valence-corrected chi connectivity index (χ0v) is 15.8. The van der Waals surface area contributed by atoms with Gasteiger partial charge in [-0.2, -0.15) is 0 Å². The lowest BCUT2D eigenvalue weighted by molar-refractivity contribution is 0.0696. The maximum Gasteiger partial charge on any atom is 0.335 e. The summed E-state index contributed by atoms with van der Waals surface area (Å²) in [7, 11) is 0. The molecule has 0 saturated carbocycles. The van der Waals surface area contributed by atoms with Gasteiger partial charge in [-0.05, 0) is 76.1 Å². The van der Waals surface area contributed by atoms with Gasteiger partial charge in [0, 0.05) is 18.3 Å². The van der Waals surface area contributed by atoms with E-state index in [0.717, 1.165) is 17.9 Å². The molecule has 1 heterocycles. The molecule has 6 heteroatoms. The first-order valence-corrected chi connectivity index (χ1v) is 8.63. The number of hydrogen-bond acceptors (Lipinski definition) is 4. The van der Waals surface area contributed by atoms with Crippen LogP contribution in [0.3, 0.4) is 0 Å². The number of aryl methyl sites for hydroxylation is 2. The normalized spacial score (nSPS) is 10.7. The molecule has 0 saturated heterocycles. The van der Waals surface area contributed by atoms with E-state index in [4.69, 9.17) is 5.11 Å². The Morgan fingerprint density at radius 1 is 1.19 bits per heavy atom. The van der Waals surface area contributed by atoms with E-state index >= 15 is 0 Å². The number of rotatable bonds is 6. The number of carbonyl (C=O) groups excluding carboxylic acids is 1. The van der Waals surface area contributed by atoms with Crippen molar-refractivity contribution >= 4 is 23.4 Å². The smallest absolute Gasteiger partial charge is 0.335 e. The van der Waals surface area contributed by atoms with E-state index < -0.39 is 5.97 Å². The van der Waals surface area contributed by atoms with Gasteiger partial charge in [-0.25, -0.2) is 9.78 Å². The summed E-state index contributed by atoms with van der Waals surface area (Å²) in [5, 5.41) is 11.9. The average Bonchev–Trinajstić information content (AvgIpc) is 2.54. The van der Waals surface area contributed by atoms with Gasteiger partial charge in [-0.3, -0.25) is 4.79 Å². The highest BCUT2D eigenvalue weighted by molar-refractivity contribution is 6.03. The second kappa shape index (κ2) is 7.99. The number of carboxylic acids is 1. The Balaban J connectivity index is 2.28. The first-order valence-electron chi connectivity index (χ1n) is 8.63. The number of nitrogens with one attached hydrogen (secondary N) is 1. The molecule has 0 aliphatic rings. The second-order valence-corrected chi connectivity index (χ2v) is 6.56. The molecule has 1 aromatic carbocycles. The Hall–Kier alpha value is -2.89. The Bertz CT molecular complexity index is 831. The van der Waals surface area contributed by atoms with Crippen LogP contribution in [-0.2, 0) is 0 Å². The maximum absolute atomic E-state index is 12.6. The van der Waals surface area contributed by atoms with E-state index in [0.29, 0.717) is 16.9 Å². The molecule has 2 N–H and O–H groups in total. The molecule has 0 radical (unpaired) electrons. The van der Waals surface area contributed by atoms with Gasteiger partial charge in [0.25, 0.3) is 5.91 Å². The molecular weight excluding hydrogens is 330 g/mol. The zero-order valence-electron chi connectivity index (χ0n) is 15.8. The molecule has 0 aliphatic heterocycles. The predicted octanol–water partition coefficient (Wildman–Crippen LogP) is 3.88. The van der Waals surface area contributed by atoms with Crippen LogP contribution in [0.5, 0.6) is 0 Å². The van der Waals surface area contributed by atoms with Gasteiger partial charge in [0.1, 0.15) is 11.5 Å². The summed E-state index contributed by atoms with van der Waals surface area (Å²) in [6, 6.07) is 8.69. The van der Waals surface area contributed by atoms with Crippen molar-refractivity contribution in [2.45, 2.75) is 40.7 Å². The van der Waals surface area contributed by atoms with Crippen molar-refractivity contribution in [2.24, 2.45) is 0 Å². The van der Waals surface area contributed by atoms with E-state index in [-0.39, 0.29) is 17.5 Å². The number of carboxylic acid groups (broad SMARTS) is 1. The standard InChI is InChI=1S/C20H25N3O3/c1-6-23(12(2)3)18-10-13(4)9-17(22-18)19(24)21-15-7-8-16(20(25)26)14(5)11-15/h7-12H,6H2,1-5H3,(H,21,24)(H,25,26). The molecule has 26 heavy (non-hydrogen) atoms. The molecule has 138 valence electrons. The number of anilines is 2. The molecule has 1 aromatic heterocycles. The lowest BCUT2D eigenvalue weighted by Gasteiger charge is -2.27. The summed E-state index contributed by atoms with van der Waals surface area (Å²) in [6.07, 6.45) is 0. The van der Waals surface area contributed by atoms with Crippen molar-refractivity contribution in [3.63, 3.8) is 0 Å². The molecule has 2 aromatic rings. The Morgan fingerprint density at radius 3 is 2.42 bits per heavy atom. The molecule has 2 rings (SSSR count). The van der Waals surface area contributed by atoms with Gasteiger partial charge < -0.3 is 15.3 Å². The van der Waals surface area contributed by atoms with Crippen molar-refractivity contribution in [2.75, 3.05) is 16.8 Å². The van der Waals surface area contributed by atoms with E-state index in [2.05, 4.69) is 36.0 Å². The topological polar surface area (TPSA) is 82.5 Å². The molecular formula is C20H25N3O3. The number of pyridine rings is 1. The predicted molar refractivity (Wildman–Crippen MR) is 103 cm³/mol. The van der Waals surface area contributed by atoms with Crippen LogP contribution in [0.25, 0.3) is 0 Å². The Kier molecular flexibility index (Phi) is 5.97. The first kappa shape index (κ1) is 19.4. The third-order valence-corrected chi connectivity index (χ3v) is 4.16. The molecule has 0 aliphatic carbocycles. The van der Waals surface area contributed by atoms with Crippen molar-refractivity contribution in [1.29, 1.82) is 0 Å². The zero-order chi connectivity index (χ0) is 19.4. The fourth-order valence-corrected chi connectivity index (χ4v) is 2.88. The van der Waals surface area contributed by atoms with E-state index in [1.807, 2.05) is 13.0 Å². The minimum atomic E-state index is -0.987. The van der Waals surface area contributed by atoms with Crippen LogP contribution in [0.15, 0.2) is 30.3 Å². The average molecular weight is 355 g/mol. The number of amides is 1. The largest absolute Gasteiger partial charge is 0.478 e. The van der Waals surface area contributed by atoms with Crippen molar-refractivity contribution in [3.8, 4) is 0 Å². The number of nitrogens with zero attached hydrogens (tertiary/aromatic N) is 2. The van der Waals surface area contributed by atoms with Crippen LogP contribution >= 0.6 is 0 Å². The summed E-state index contributed by atoms with van der Waals surface area (Å²) in [6.45, 7) is 10.6. The second-order valence-electron chi connectivity index (χ2n) is 6.56. The highest BCUT2D eigenvalue weighted by Crippen LogP contribution is 2.19. The summed E-state index contributed by atoms with van der Waals surface area (Å²) in [5.41, 5.74) is 2.63. The number of hydrogen-bond donors (Lipinski definition) is 2. The fourth-order valence-electron chi connectivity index (χ4n) is 2.88. The van der Waals surface area contributed by atoms with Gasteiger partial charge in [0.2, 0.25) is 0 Å². The van der Waals surface area contributed by atoms with Crippen molar-refractivity contribution in [3.05, 3.63) is 52.7 Å². The summed E-state index contributed by atoms with van der Waals surface area (Å²) in [5.74, 6) is -0.541. The first-order chi connectivity index (χ1) is 12.2. The van der Waals surface area contributed by atoms with Crippen molar-refractivity contribution < 1.29 is 14.7 Å². The molecule has 6 nitrogen and oxygen atoms in total. The monoisotopic (exact) mass is 355 g/mol. The van der Waals surface area contributed by atoms with E-state index in [9.17, 15) is 9.59 Å². The summed E-state index contributed by atoms with van der Waals surface area (Å²) < 4.78 is 0. The summed E-state index contributed by atoms with van der Waals surface area (Å²) in [4.78, 5) is 30.3. The third-order valence-electron chi connectivity index (χ3n) is 4.16. The van der Waals surface area contributed by atoms with Gasteiger partial charge in [-0.1, -0.05) is 0 Å². The lowest BCUT2D eigenvalue weighted by Crippen LogP contribution is -2.31. The number of carbonyl (C=O) groups is 2.